The molecule has 4 nitrogen and oxygen atoms in total. The first-order chi connectivity index (χ1) is 6.09. The van der Waals surface area contributed by atoms with Crippen LogP contribution in [-0.2, 0) is 11.8 Å². The number of rotatable bonds is 3. The van der Waals surface area contributed by atoms with Crippen LogP contribution in [-0.4, -0.2) is 15.7 Å². The molecule has 1 N–H and O–H groups in total. The van der Waals surface area contributed by atoms with E-state index < -0.39 is 0 Å². The van der Waals surface area contributed by atoms with Crippen LogP contribution in [0.3, 0.4) is 0 Å². The van der Waals surface area contributed by atoms with Crippen LogP contribution in [0.25, 0.3) is 0 Å². The summed E-state index contributed by atoms with van der Waals surface area (Å²) in [6.07, 6.45) is 2.20. The molecule has 1 heterocycles. The van der Waals surface area contributed by atoms with E-state index in [0.29, 0.717) is 12.3 Å². The molecular formula is C9H15N3O. The Balaban J connectivity index is 2.50. The van der Waals surface area contributed by atoms with Gasteiger partial charge in [-0.15, -0.1) is 0 Å². The van der Waals surface area contributed by atoms with Crippen LogP contribution >= 0.6 is 0 Å². The van der Waals surface area contributed by atoms with Gasteiger partial charge in [-0.05, 0) is 5.92 Å². The monoisotopic (exact) mass is 181 g/mol. The summed E-state index contributed by atoms with van der Waals surface area (Å²) in [7, 11) is 1.80. The van der Waals surface area contributed by atoms with Gasteiger partial charge in [0.15, 0.2) is 0 Å². The van der Waals surface area contributed by atoms with Crippen molar-refractivity contribution < 1.29 is 4.79 Å². The number of aromatic nitrogens is 2. The van der Waals surface area contributed by atoms with Gasteiger partial charge in [-0.2, -0.15) is 5.10 Å². The molecule has 13 heavy (non-hydrogen) atoms. The Labute approximate surface area is 77.9 Å². The Morgan fingerprint density at radius 3 is 2.85 bits per heavy atom. The maximum atomic E-state index is 11.3. The van der Waals surface area contributed by atoms with Gasteiger partial charge in [-0.3, -0.25) is 9.48 Å². The fourth-order valence-electron chi connectivity index (χ4n) is 1.06. The molecule has 0 aromatic carbocycles. The van der Waals surface area contributed by atoms with E-state index >= 15 is 0 Å². The Kier molecular flexibility index (Phi) is 3.06. The van der Waals surface area contributed by atoms with Crippen molar-refractivity contribution in [1.82, 2.24) is 9.78 Å². The highest BCUT2D eigenvalue weighted by atomic mass is 16.1. The lowest BCUT2D eigenvalue weighted by Crippen LogP contribution is -2.16. The summed E-state index contributed by atoms with van der Waals surface area (Å²) in [4.78, 5) is 11.3. The zero-order chi connectivity index (χ0) is 9.84. The van der Waals surface area contributed by atoms with E-state index in [-0.39, 0.29) is 5.91 Å². The zero-order valence-corrected chi connectivity index (χ0v) is 8.24. The number of hydrogen-bond donors (Lipinski definition) is 1. The van der Waals surface area contributed by atoms with Crippen molar-refractivity contribution in [1.29, 1.82) is 0 Å². The molecule has 0 aliphatic rings. The second kappa shape index (κ2) is 4.07. The van der Waals surface area contributed by atoms with Crippen LogP contribution in [0.2, 0.25) is 0 Å². The highest BCUT2D eigenvalue weighted by molar-refractivity contribution is 5.89. The van der Waals surface area contributed by atoms with Crippen molar-refractivity contribution in [3.8, 4) is 0 Å². The third-order valence-corrected chi connectivity index (χ3v) is 1.68. The number of aryl methyl sites for hydroxylation is 1. The Morgan fingerprint density at radius 2 is 2.38 bits per heavy atom. The summed E-state index contributed by atoms with van der Waals surface area (Å²) in [5.74, 6) is 1.16. The number of carbonyl (C=O) groups is 1. The van der Waals surface area contributed by atoms with Gasteiger partial charge in [-0.1, -0.05) is 13.8 Å². The average Bonchev–Trinajstić information content (AvgIpc) is 2.34. The van der Waals surface area contributed by atoms with Gasteiger partial charge in [0.2, 0.25) is 5.91 Å². The van der Waals surface area contributed by atoms with Crippen LogP contribution < -0.4 is 5.32 Å². The summed E-state index contributed by atoms with van der Waals surface area (Å²) >= 11 is 0. The molecule has 1 aromatic heterocycles. The average molecular weight is 181 g/mol. The van der Waals surface area contributed by atoms with E-state index in [1.807, 2.05) is 13.8 Å². The summed E-state index contributed by atoms with van der Waals surface area (Å²) < 4.78 is 1.64. The quantitative estimate of drug-likeness (QED) is 0.766. The molecule has 0 atom stereocenters. The molecule has 1 rings (SSSR count). The molecule has 0 saturated carbocycles. The predicted molar refractivity (Wildman–Crippen MR) is 51.3 cm³/mol. The Morgan fingerprint density at radius 1 is 1.69 bits per heavy atom. The third kappa shape index (κ3) is 2.89. The number of carbonyl (C=O) groups excluding carboxylic acids is 1. The highest BCUT2D eigenvalue weighted by Gasteiger charge is 2.06. The number of hydrogen-bond acceptors (Lipinski definition) is 2. The van der Waals surface area contributed by atoms with Gasteiger partial charge >= 0.3 is 0 Å². The topological polar surface area (TPSA) is 46.9 Å². The first-order valence-corrected chi connectivity index (χ1v) is 4.37. The molecule has 0 aliphatic heterocycles. The second-order valence-electron chi connectivity index (χ2n) is 3.49. The molecule has 0 unspecified atom stereocenters. The minimum atomic E-state index is 0.0404. The maximum absolute atomic E-state index is 11.3. The van der Waals surface area contributed by atoms with Crippen LogP contribution in [0.5, 0.6) is 0 Å². The zero-order valence-electron chi connectivity index (χ0n) is 8.24. The van der Waals surface area contributed by atoms with Crippen molar-refractivity contribution in [3.63, 3.8) is 0 Å². The number of amides is 1. The summed E-state index contributed by atoms with van der Waals surface area (Å²) in [5, 5.41) is 6.73. The highest BCUT2D eigenvalue weighted by Crippen LogP contribution is 2.06. The number of nitrogens with one attached hydrogen (secondary N) is 1. The van der Waals surface area contributed by atoms with Crippen molar-refractivity contribution in [2.24, 2.45) is 13.0 Å². The fourth-order valence-corrected chi connectivity index (χ4v) is 1.06. The Bertz CT molecular complexity index is 291. The Hall–Kier alpha value is -1.32. The van der Waals surface area contributed by atoms with Crippen molar-refractivity contribution >= 4 is 11.7 Å². The lowest BCUT2D eigenvalue weighted by molar-refractivity contribution is -0.116. The minimum Gasteiger partial charge on any atom is -0.311 e. The maximum Gasteiger partial charge on any atom is 0.225 e. The van der Waals surface area contributed by atoms with Crippen molar-refractivity contribution in [2.75, 3.05) is 5.32 Å². The molecule has 0 radical (unpaired) electrons. The van der Waals surface area contributed by atoms with Crippen LogP contribution in [0.4, 0.5) is 5.82 Å². The largest absolute Gasteiger partial charge is 0.311 e. The van der Waals surface area contributed by atoms with Gasteiger partial charge in [0.25, 0.3) is 0 Å². The van der Waals surface area contributed by atoms with E-state index in [1.54, 1.807) is 24.0 Å². The smallest absolute Gasteiger partial charge is 0.225 e. The van der Waals surface area contributed by atoms with Gasteiger partial charge in [0.05, 0.1) is 6.20 Å². The van der Waals surface area contributed by atoms with Crippen LogP contribution in [0.15, 0.2) is 12.3 Å². The molecule has 0 fully saturated rings. The fraction of sp³-hybridized carbons (Fsp3) is 0.556. The first-order valence-electron chi connectivity index (χ1n) is 4.37. The molecule has 0 saturated heterocycles. The lowest BCUT2D eigenvalue weighted by Gasteiger charge is -2.06. The number of nitrogens with zero attached hydrogens (tertiary/aromatic N) is 2. The molecule has 72 valence electrons. The van der Waals surface area contributed by atoms with E-state index in [4.69, 9.17) is 0 Å². The molecular weight excluding hydrogens is 166 g/mol. The SMILES string of the molecule is CC(C)CC(=O)Nc1ccnn1C. The second-order valence-corrected chi connectivity index (χ2v) is 3.49. The van der Waals surface area contributed by atoms with Gasteiger partial charge < -0.3 is 5.32 Å². The van der Waals surface area contributed by atoms with E-state index in [2.05, 4.69) is 10.4 Å². The molecule has 4 heteroatoms. The number of anilines is 1. The standard InChI is InChI=1S/C9H15N3O/c1-7(2)6-9(13)11-8-4-5-10-12(8)3/h4-5,7H,6H2,1-3H3,(H,11,13). The predicted octanol–water partition coefficient (Wildman–Crippen LogP) is 1.40. The van der Waals surface area contributed by atoms with Crippen molar-refractivity contribution in [3.05, 3.63) is 12.3 Å². The third-order valence-electron chi connectivity index (χ3n) is 1.68. The molecule has 0 spiro atoms. The minimum absolute atomic E-state index is 0.0404. The summed E-state index contributed by atoms with van der Waals surface area (Å²) in [6, 6.07) is 1.78. The molecule has 0 aliphatic carbocycles. The normalized spacial score (nSPS) is 10.5. The molecule has 1 aromatic rings. The van der Waals surface area contributed by atoms with E-state index in [1.165, 1.54) is 0 Å². The molecule has 0 bridgehead atoms. The molecule has 1 amide bonds. The van der Waals surface area contributed by atoms with E-state index in [9.17, 15) is 4.79 Å². The van der Waals surface area contributed by atoms with Gasteiger partial charge in [0, 0.05) is 19.5 Å². The summed E-state index contributed by atoms with van der Waals surface area (Å²) in [5.41, 5.74) is 0. The van der Waals surface area contributed by atoms with Gasteiger partial charge in [0.1, 0.15) is 5.82 Å². The summed E-state index contributed by atoms with van der Waals surface area (Å²) in [6.45, 7) is 4.03. The van der Waals surface area contributed by atoms with Crippen molar-refractivity contribution in [2.45, 2.75) is 20.3 Å². The van der Waals surface area contributed by atoms with Crippen LogP contribution in [0, 0.1) is 5.92 Å². The lowest BCUT2D eigenvalue weighted by atomic mass is 10.1. The van der Waals surface area contributed by atoms with Crippen LogP contribution in [0.1, 0.15) is 20.3 Å². The van der Waals surface area contributed by atoms with E-state index in [0.717, 1.165) is 5.82 Å². The van der Waals surface area contributed by atoms with Gasteiger partial charge in [-0.25, -0.2) is 0 Å². The first kappa shape index (κ1) is 9.77.